The van der Waals surface area contributed by atoms with Crippen molar-refractivity contribution in [3.8, 4) is 23.8 Å². The highest BCUT2D eigenvalue weighted by atomic mass is 35.5. The van der Waals surface area contributed by atoms with Crippen molar-refractivity contribution in [2.24, 2.45) is 5.92 Å². The Morgan fingerprint density at radius 2 is 1.97 bits per heavy atom. The summed E-state index contributed by atoms with van der Waals surface area (Å²) in [6.07, 6.45) is 0. The normalized spacial score (nSPS) is 23.1. The van der Waals surface area contributed by atoms with Crippen molar-refractivity contribution in [1.82, 2.24) is 4.98 Å². The number of pyridine rings is 1. The minimum atomic E-state index is -1.79. The highest BCUT2D eigenvalue weighted by Gasteiger charge is 2.53. The number of nitrogens with zero attached hydrogens (tertiary/aromatic N) is 3. The molecule has 3 aromatic rings. The van der Waals surface area contributed by atoms with Gasteiger partial charge in [0.25, 0.3) is 0 Å². The van der Waals surface area contributed by atoms with Crippen molar-refractivity contribution < 1.29 is 9.84 Å². The molecule has 0 saturated heterocycles. The molecular formula is C22H14ClN5O2. The van der Waals surface area contributed by atoms with Gasteiger partial charge in [-0.1, -0.05) is 41.9 Å². The number of rotatable bonds is 1. The lowest BCUT2D eigenvalue weighted by atomic mass is 9.69. The van der Waals surface area contributed by atoms with E-state index in [1.165, 1.54) is 0 Å². The van der Waals surface area contributed by atoms with E-state index in [0.717, 1.165) is 0 Å². The predicted molar refractivity (Wildman–Crippen MR) is 110 cm³/mol. The van der Waals surface area contributed by atoms with Crippen LogP contribution in [0, 0.1) is 28.6 Å². The molecule has 0 unspecified atom stereocenters. The molecule has 2 aliphatic heterocycles. The number of halogens is 1. The molecule has 0 bridgehead atoms. The topological polar surface area (TPSA) is 128 Å². The smallest absolute Gasteiger partial charge is 0.227 e. The third-order valence-corrected chi connectivity index (χ3v) is 5.85. The first kappa shape index (κ1) is 18.3. The first-order valence-corrected chi connectivity index (χ1v) is 9.52. The van der Waals surface area contributed by atoms with Gasteiger partial charge in [0.1, 0.15) is 29.1 Å². The number of ether oxygens (including phenoxy) is 1. The second-order valence-electron chi connectivity index (χ2n) is 7.20. The van der Waals surface area contributed by atoms with Gasteiger partial charge >= 0.3 is 0 Å². The number of anilines is 2. The maximum atomic E-state index is 11.8. The van der Waals surface area contributed by atoms with Crippen LogP contribution in [-0.4, -0.2) is 10.1 Å². The summed E-state index contributed by atoms with van der Waals surface area (Å²) >= 11 is 6.24. The van der Waals surface area contributed by atoms with Crippen LogP contribution in [0.2, 0.25) is 5.02 Å². The van der Waals surface area contributed by atoms with Gasteiger partial charge in [-0.2, -0.15) is 15.5 Å². The minimum absolute atomic E-state index is 0.0271. The second-order valence-corrected chi connectivity index (χ2v) is 7.64. The van der Waals surface area contributed by atoms with Crippen LogP contribution in [0.5, 0.6) is 11.6 Å². The average molecular weight is 416 g/mol. The zero-order valence-electron chi connectivity index (χ0n) is 15.4. The number of aromatic nitrogens is 1. The zero-order valence-corrected chi connectivity index (χ0v) is 16.2. The summed E-state index contributed by atoms with van der Waals surface area (Å²) in [4.78, 5) is 4.26. The molecule has 7 nitrogen and oxygen atoms in total. The van der Waals surface area contributed by atoms with E-state index in [-0.39, 0.29) is 17.3 Å². The Hall–Kier alpha value is -3.78. The summed E-state index contributed by atoms with van der Waals surface area (Å²) in [5, 5.41) is 35.2. The maximum Gasteiger partial charge on any atom is 0.227 e. The number of benzene rings is 2. The Labute approximate surface area is 176 Å². The minimum Gasteiger partial charge on any atom is -0.438 e. The summed E-state index contributed by atoms with van der Waals surface area (Å²) in [7, 11) is 0. The van der Waals surface area contributed by atoms with Crippen LogP contribution in [0.1, 0.15) is 28.2 Å². The van der Waals surface area contributed by atoms with Crippen LogP contribution < -0.4 is 15.8 Å². The molecule has 5 rings (SSSR count). The Morgan fingerprint density at radius 1 is 1.20 bits per heavy atom. The Balaban J connectivity index is 1.87. The summed E-state index contributed by atoms with van der Waals surface area (Å²) in [5.74, 6) is -0.972. The van der Waals surface area contributed by atoms with E-state index in [2.05, 4.69) is 22.4 Å². The molecule has 3 heterocycles. The number of nitrogen functional groups attached to an aromatic ring is 1. The van der Waals surface area contributed by atoms with Crippen molar-refractivity contribution in [2.75, 3.05) is 11.1 Å². The molecule has 1 aromatic heterocycles. The van der Waals surface area contributed by atoms with Crippen LogP contribution in [0.3, 0.4) is 0 Å². The van der Waals surface area contributed by atoms with E-state index in [0.29, 0.717) is 33.1 Å². The number of nitrogens with one attached hydrogen (secondary N) is 1. The fraction of sp³-hybridized carbons (Fsp3) is 0.136. The van der Waals surface area contributed by atoms with Gasteiger partial charge in [-0.3, -0.25) is 0 Å². The first-order chi connectivity index (χ1) is 14.5. The molecule has 146 valence electrons. The highest BCUT2D eigenvalue weighted by Crippen LogP contribution is 2.58. The van der Waals surface area contributed by atoms with E-state index in [1.807, 2.05) is 6.07 Å². The molecular weight excluding hydrogens is 402 g/mol. The highest BCUT2D eigenvalue weighted by molar-refractivity contribution is 6.30. The number of aliphatic hydroxyl groups is 1. The molecule has 0 radical (unpaired) electrons. The quantitative estimate of drug-likeness (QED) is 0.550. The van der Waals surface area contributed by atoms with E-state index < -0.39 is 17.6 Å². The van der Waals surface area contributed by atoms with Gasteiger partial charge in [0.15, 0.2) is 5.72 Å². The van der Waals surface area contributed by atoms with Crippen LogP contribution in [-0.2, 0) is 5.72 Å². The van der Waals surface area contributed by atoms with Gasteiger partial charge in [0, 0.05) is 27.6 Å². The SMILES string of the molecule is N#Cc1c(N)nc2c3c1N[C@](O)(c1ccccc1)[C@@H](C#N)[C@H]3c1cc(Cl)ccc1O2. The fourth-order valence-electron chi connectivity index (χ4n) is 4.29. The summed E-state index contributed by atoms with van der Waals surface area (Å²) in [6, 6.07) is 18.2. The number of nitrogens with two attached hydrogens (primary N) is 1. The van der Waals surface area contributed by atoms with Crippen molar-refractivity contribution >= 4 is 23.1 Å². The molecule has 3 atom stereocenters. The molecule has 8 heteroatoms. The number of nitriles is 2. The first-order valence-electron chi connectivity index (χ1n) is 9.14. The van der Waals surface area contributed by atoms with Gasteiger partial charge in [-0.25, -0.2) is 0 Å². The van der Waals surface area contributed by atoms with Crippen molar-refractivity contribution in [3.05, 3.63) is 75.8 Å². The zero-order chi connectivity index (χ0) is 21.0. The lowest BCUT2D eigenvalue weighted by molar-refractivity contribution is 0.0138. The maximum absolute atomic E-state index is 11.8. The molecule has 2 aliphatic rings. The standard InChI is InChI=1S/C22H14ClN5O2/c23-12-6-7-16-13(8-12)17-15(10-25)22(29,11-4-2-1-3-5-11)28-19-14(9-24)20(26)27-21(30-16)18(17)19/h1-8,15,17,28-29H,(H2,26,27)/t15-,17+,22-/m0/s1. The molecule has 0 fully saturated rings. The third kappa shape index (κ3) is 2.37. The molecule has 0 spiro atoms. The van der Waals surface area contributed by atoms with Gasteiger partial charge in [0.2, 0.25) is 5.88 Å². The average Bonchev–Trinajstić information content (AvgIpc) is 2.74. The third-order valence-electron chi connectivity index (χ3n) is 5.62. The van der Waals surface area contributed by atoms with Crippen molar-refractivity contribution in [2.45, 2.75) is 11.6 Å². The molecule has 30 heavy (non-hydrogen) atoms. The largest absolute Gasteiger partial charge is 0.438 e. The summed E-state index contributed by atoms with van der Waals surface area (Å²) in [5.41, 5.74) is 6.23. The van der Waals surface area contributed by atoms with E-state index in [9.17, 15) is 15.6 Å². The predicted octanol–water partition coefficient (Wildman–Crippen LogP) is 3.84. The van der Waals surface area contributed by atoms with E-state index in [1.54, 1.807) is 42.5 Å². The molecule has 0 amide bonds. The van der Waals surface area contributed by atoms with Gasteiger partial charge < -0.3 is 20.9 Å². The van der Waals surface area contributed by atoms with Crippen LogP contribution in [0.4, 0.5) is 11.5 Å². The van der Waals surface area contributed by atoms with Crippen molar-refractivity contribution in [1.29, 1.82) is 10.5 Å². The van der Waals surface area contributed by atoms with Gasteiger partial charge in [0.05, 0.1) is 11.8 Å². The Kier molecular flexibility index (Phi) is 3.87. The summed E-state index contributed by atoms with van der Waals surface area (Å²) < 4.78 is 5.94. The molecule has 0 aliphatic carbocycles. The van der Waals surface area contributed by atoms with Gasteiger partial charge in [-0.05, 0) is 18.2 Å². The number of hydrogen-bond acceptors (Lipinski definition) is 7. The van der Waals surface area contributed by atoms with Crippen LogP contribution in [0.25, 0.3) is 0 Å². The second kappa shape index (κ2) is 6.36. The number of hydrogen-bond donors (Lipinski definition) is 3. The summed E-state index contributed by atoms with van der Waals surface area (Å²) in [6.45, 7) is 0. The molecule has 2 aromatic carbocycles. The van der Waals surface area contributed by atoms with Crippen LogP contribution in [0.15, 0.2) is 48.5 Å². The van der Waals surface area contributed by atoms with Gasteiger partial charge in [-0.15, -0.1) is 0 Å². The number of fused-ring (bicyclic) bond motifs is 2. The molecule has 0 saturated carbocycles. The van der Waals surface area contributed by atoms with E-state index in [4.69, 9.17) is 22.1 Å². The lowest BCUT2D eigenvalue weighted by Crippen LogP contribution is -2.49. The lowest BCUT2D eigenvalue weighted by Gasteiger charge is -2.46. The van der Waals surface area contributed by atoms with E-state index >= 15 is 0 Å². The monoisotopic (exact) mass is 415 g/mol. The van der Waals surface area contributed by atoms with Crippen molar-refractivity contribution in [3.63, 3.8) is 0 Å². The Bertz CT molecular complexity index is 1280. The molecule has 4 N–H and O–H groups in total. The fourth-order valence-corrected chi connectivity index (χ4v) is 4.47. The Morgan fingerprint density at radius 3 is 2.67 bits per heavy atom. The van der Waals surface area contributed by atoms with Crippen LogP contribution >= 0.6 is 11.6 Å².